The maximum Gasteiger partial charge on any atom is 0.0228 e. The molecule has 27 heavy (non-hydrogen) atoms. The monoisotopic (exact) mass is 372 g/mol. The van der Waals surface area contributed by atoms with Crippen molar-refractivity contribution >= 4 is 23.9 Å². The third kappa shape index (κ3) is 7.32. The number of thioether (sulfide) groups is 1. The summed E-state index contributed by atoms with van der Waals surface area (Å²) in [7, 11) is 0. The fourth-order valence-corrected chi connectivity index (χ4v) is 3.54. The summed E-state index contributed by atoms with van der Waals surface area (Å²) in [6.07, 6.45) is 12.0. The molecule has 0 atom stereocenters. The van der Waals surface area contributed by atoms with Gasteiger partial charge in [-0.3, -0.25) is 0 Å². The molecule has 0 unspecified atom stereocenters. The molecule has 0 aliphatic heterocycles. The Morgan fingerprint density at radius 3 is 1.93 bits per heavy atom. The van der Waals surface area contributed by atoms with E-state index in [0.717, 1.165) is 29.7 Å². The zero-order chi connectivity index (χ0) is 19.5. The second kappa shape index (κ2) is 11.3. The van der Waals surface area contributed by atoms with Gasteiger partial charge in [0.15, 0.2) is 0 Å². The van der Waals surface area contributed by atoms with E-state index in [1.807, 2.05) is 30.0 Å². The Bertz CT molecular complexity index is 818. The van der Waals surface area contributed by atoms with E-state index in [1.165, 1.54) is 21.6 Å². The number of aryl methyl sites for hydroxylation is 1. The van der Waals surface area contributed by atoms with Gasteiger partial charge >= 0.3 is 0 Å². The Balaban J connectivity index is 1.93. The predicted octanol–water partition coefficient (Wildman–Crippen LogP) is 7.85. The first-order valence-corrected chi connectivity index (χ1v) is 10.2. The molecule has 0 bridgehead atoms. The van der Waals surface area contributed by atoms with Gasteiger partial charge in [-0.2, -0.15) is 0 Å². The Labute approximate surface area is 168 Å². The van der Waals surface area contributed by atoms with Gasteiger partial charge in [-0.25, -0.2) is 0 Å². The van der Waals surface area contributed by atoms with Gasteiger partial charge in [0, 0.05) is 5.75 Å². The van der Waals surface area contributed by atoms with Crippen LogP contribution < -0.4 is 0 Å². The number of rotatable bonds is 10. The first-order valence-electron chi connectivity index (χ1n) is 9.20. The van der Waals surface area contributed by atoms with Gasteiger partial charge in [0.1, 0.15) is 0 Å². The molecule has 0 spiro atoms. The third-order valence-corrected chi connectivity index (χ3v) is 5.37. The van der Waals surface area contributed by atoms with Crippen molar-refractivity contribution in [3.63, 3.8) is 0 Å². The first-order chi connectivity index (χ1) is 13.1. The van der Waals surface area contributed by atoms with Crippen LogP contribution in [0.4, 0.5) is 0 Å². The van der Waals surface area contributed by atoms with Crippen LogP contribution in [0.2, 0.25) is 0 Å². The third-order valence-electron chi connectivity index (χ3n) is 4.32. The summed E-state index contributed by atoms with van der Waals surface area (Å²) in [5.41, 5.74) is 6.30. The summed E-state index contributed by atoms with van der Waals surface area (Å²) in [4.78, 5) is 1.32. The van der Waals surface area contributed by atoms with E-state index in [0.29, 0.717) is 0 Å². The van der Waals surface area contributed by atoms with E-state index in [1.54, 1.807) is 0 Å². The summed E-state index contributed by atoms with van der Waals surface area (Å²) in [5, 5.41) is 0. The fraction of sp³-hybridized carbons (Fsp3) is 0.154. The molecular weight excluding hydrogens is 344 g/mol. The molecule has 0 aliphatic carbocycles. The van der Waals surface area contributed by atoms with Gasteiger partial charge in [-0.1, -0.05) is 92.6 Å². The highest BCUT2D eigenvalue weighted by molar-refractivity contribution is 8.02. The largest absolute Gasteiger partial charge is 0.126 e. The molecule has 0 fully saturated rings. The molecule has 0 heterocycles. The van der Waals surface area contributed by atoms with Crippen LogP contribution in [0.15, 0.2) is 97.0 Å². The Hall–Kier alpha value is -2.51. The first kappa shape index (κ1) is 20.8. The molecule has 0 N–H and O–H groups in total. The maximum absolute atomic E-state index is 3.86. The molecule has 0 nitrogen and oxygen atoms in total. The molecule has 0 radical (unpaired) electrons. The molecule has 0 amide bonds. The maximum atomic E-state index is 3.86. The fourth-order valence-electron chi connectivity index (χ4n) is 2.71. The van der Waals surface area contributed by atoms with Crippen LogP contribution in [-0.2, 0) is 12.2 Å². The van der Waals surface area contributed by atoms with Gasteiger partial charge in [0.05, 0.1) is 0 Å². The minimum Gasteiger partial charge on any atom is -0.126 e. The molecule has 0 saturated carbocycles. The Kier molecular flexibility index (Phi) is 8.67. The van der Waals surface area contributed by atoms with E-state index in [-0.39, 0.29) is 0 Å². The summed E-state index contributed by atoms with van der Waals surface area (Å²) in [6.45, 7) is 13.6. The topological polar surface area (TPSA) is 0 Å². The molecule has 2 aromatic carbocycles. The van der Waals surface area contributed by atoms with Crippen molar-refractivity contribution in [2.45, 2.75) is 25.5 Å². The van der Waals surface area contributed by atoms with Crippen molar-refractivity contribution in [3.8, 4) is 0 Å². The molecular formula is C26H28S. The summed E-state index contributed by atoms with van der Waals surface area (Å²) in [6, 6.07) is 17.2. The lowest BCUT2D eigenvalue weighted by molar-refractivity contribution is 0.964. The van der Waals surface area contributed by atoms with Crippen molar-refractivity contribution in [1.29, 1.82) is 0 Å². The van der Waals surface area contributed by atoms with Crippen LogP contribution in [0.5, 0.6) is 0 Å². The van der Waals surface area contributed by atoms with E-state index in [2.05, 4.69) is 87.3 Å². The average Bonchev–Trinajstić information content (AvgIpc) is 2.71. The number of hydrogen-bond acceptors (Lipinski definition) is 1. The van der Waals surface area contributed by atoms with Gasteiger partial charge in [0.2, 0.25) is 0 Å². The van der Waals surface area contributed by atoms with Crippen LogP contribution in [0.3, 0.4) is 0 Å². The van der Waals surface area contributed by atoms with E-state index in [9.17, 15) is 0 Å². The van der Waals surface area contributed by atoms with Crippen LogP contribution in [-0.4, -0.2) is 0 Å². The lowest BCUT2D eigenvalue weighted by Crippen LogP contribution is -1.89. The standard InChI is InChI=1S/C26H28S/c1-5-8-25(16-15-24-13-9-22(6-2)10-14-24)19-21(4)27-20-26-17-11-23(7-3)12-18-26/h5-14,17-19H,1-3,15-16,20H2,4H3/b21-19+,25-8-. The molecule has 0 aromatic heterocycles. The second-order valence-corrected chi connectivity index (χ2v) is 7.63. The summed E-state index contributed by atoms with van der Waals surface area (Å²) < 4.78 is 0. The summed E-state index contributed by atoms with van der Waals surface area (Å²) in [5.74, 6) is 0.976. The molecule has 2 rings (SSSR count). The van der Waals surface area contributed by atoms with Crippen LogP contribution in [0.1, 0.15) is 35.6 Å². The number of benzene rings is 2. The van der Waals surface area contributed by atoms with Crippen molar-refractivity contribution in [1.82, 2.24) is 0 Å². The molecule has 0 saturated heterocycles. The molecule has 0 aliphatic rings. The normalized spacial score (nSPS) is 11.9. The zero-order valence-electron chi connectivity index (χ0n) is 16.2. The lowest BCUT2D eigenvalue weighted by Gasteiger charge is -2.07. The van der Waals surface area contributed by atoms with Crippen LogP contribution in [0.25, 0.3) is 12.2 Å². The van der Waals surface area contributed by atoms with Crippen molar-refractivity contribution in [2.75, 3.05) is 0 Å². The number of allylic oxidation sites excluding steroid dienone is 5. The molecule has 1 heteroatoms. The van der Waals surface area contributed by atoms with Gasteiger partial charge in [-0.05, 0) is 58.6 Å². The van der Waals surface area contributed by atoms with Gasteiger partial charge in [0.25, 0.3) is 0 Å². The highest BCUT2D eigenvalue weighted by Gasteiger charge is 2.00. The highest BCUT2D eigenvalue weighted by atomic mass is 32.2. The second-order valence-electron chi connectivity index (χ2n) is 6.41. The minimum absolute atomic E-state index is 0.976. The van der Waals surface area contributed by atoms with Crippen LogP contribution >= 0.6 is 11.8 Å². The average molecular weight is 373 g/mol. The number of hydrogen-bond donors (Lipinski definition) is 0. The highest BCUT2D eigenvalue weighted by Crippen LogP contribution is 2.24. The van der Waals surface area contributed by atoms with Crippen molar-refractivity contribution in [2.24, 2.45) is 0 Å². The Morgan fingerprint density at radius 1 is 0.852 bits per heavy atom. The van der Waals surface area contributed by atoms with Gasteiger partial charge in [-0.15, -0.1) is 11.8 Å². The Morgan fingerprint density at radius 2 is 1.41 bits per heavy atom. The van der Waals surface area contributed by atoms with Crippen LogP contribution in [0, 0.1) is 0 Å². The summed E-state index contributed by atoms with van der Waals surface area (Å²) >= 11 is 1.87. The molecule has 138 valence electrons. The lowest BCUT2D eigenvalue weighted by atomic mass is 10.0. The minimum atomic E-state index is 0.976. The van der Waals surface area contributed by atoms with E-state index >= 15 is 0 Å². The van der Waals surface area contributed by atoms with Crippen molar-refractivity contribution in [3.05, 3.63) is 119 Å². The zero-order valence-corrected chi connectivity index (χ0v) is 17.0. The molecule has 2 aromatic rings. The van der Waals surface area contributed by atoms with E-state index < -0.39 is 0 Å². The smallest absolute Gasteiger partial charge is 0.0228 e. The van der Waals surface area contributed by atoms with Gasteiger partial charge < -0.3 is 0 Å². The van der Waals surface area contributed by atoms with Crippen molar-refractivity contribution < 1.29 is 0 Å². The SMILES string of the molecule is C=C/C=C(\C=C(/C)SCc1ccc(C=C)cc1)CCc1ccc(C=C)cc1. The van der Waals surface area contributed by atoms with E-state index in [4.69, 9.17) is 0 Å². The quantitative estimate of drug-likeness (QED) is 0.383. The predicted molar refractivity (Wildman–Crippen MR) is 125 cm³/mol.